The molecule has 0 aliphatic rings. The van der Waals surface area contributed by atoms with Crippen LogP contribution in [0.3, 0.4) is 0 Å². The number of benzene rings is 1. The molecule has 0 saturated carbocycles. The second-order valence-electron chi connectivity index (χ2n) is 5.34. The molecule has 118 valence electrons. The van der Waals surface area contributed by atoms with Gasteiger partial charge in [0.25, 0.3) is 0 Å². The molecule has 1 aromatic carbocycles. The molecule has 0 spiro atoms. The van der Waals surface area contributed by atoms with Gasteiger partial charge in [-0.1, -0.05) is 0 Å². The van der Waals surface area contributed by atoms with Crippen LogP contribution in [0.2, 0.25) is 0 Å². The molecule has 1 amide bonds. The van der Waals surface area contributed by atoms with E-state index in [1.165, 1.54) is 0 Å². The minimum Gasteiger partial charge on any atom is -0.508 e. The van der Waals surface area contributed by atoms with Gasteiger partial charge in [-0.3, -0.25) is 5.32 Å². The fourth-order valence-corrected chi connectivity index (χ4v) is 1.48. The predicted molar refractivity (Wildman–Crippen MR) is 69.0 cm³/mol. The van der Waals surface area contributed by atoms with Crippen molar-refractivity contribution in [3.05, 3.63) is 23.8 Å². The van der Waals surface area contributed by atoms with Crippen LogP contribution in [0.5, 0.6) is 5.75 Å². The maximum atomic E-state index is 12.6. The van der Waals surface area contributed by atoms with Gasteiger partial charge in [-0.05, 0) is 39.0 Å². The maximum absolute atomic E-state index is 12.6. The molecule has 0 aliphatic carbocycles. The van der Waals surface area contributed by atoms with Gasteiger partial charge in [-0.15, -0.1) is 0 Å². The van der Waals surface area contributed by atoms with Crippen LogP contribution in [0, 0.1) is 0 Å². The highest BCUT2D eigenvalue weighted by Crippen LogP contribution is 2.37. The second kappa shape index (κ2) is 5.80. The number of rotatable bonds is 2. The number of alkyl halides is 3. The summed E-state index contributed by atoms with van der Waals surface area (Å²) in [6.45, 7) is 4.78. The number of hydrogen-bond donors (Lipinski definition) is 3. The van der Waals surface area contributed by atoms with E-state index in [-0.39, 0.29) is 5.69 Å². The molecule has 5 nitrogen and oxygen atoms in total. The molecule has 0 unspecified atom stereocenters. The number of halogens is 3. The molecule has 21 heavy (non-hydrogen) atoms. The summed E-state index contributed by atoms with van der Waals surface area (Å²) in [5, 5.41) is 20.6. The molecular weight excluding hydrogens is 291 g/mol. The van der Waals surface area contributed by atoms with Crippen molar-refractivity contribution in [3.63, 3.8) is 0 Å². The highest BCUT2D eigenvalue weighted by atomic mass is 19.4. The molecule has 1 aromatic rings. The number of ether oxygens (including phenoxy) is 1. The minimum atomic E-state index is -4.93. The molecule has 0 saturated heterocycles. The Morgan fingerprint density at radius 2 is 1.86 bits per heavy atom. The zero-order valence-corrected chi connectivity index (χ0v) is 11.7. The number of carbonyl (C=O) groups is 1. The van der Waals surface area contributed by atoms with Gasteiger partial charge in [0.05, 0.1) is 5.69 Å². The number of phenols is 1. The van der Waals surface area contributed by atoms with Crippen molar-refractivity contribution in [2.45, 2.75) is 38.7 Å². The van der Waals surface area contributed by atoms with Crippen molar-refractivity contribution in [2.75, 3.05) is 5.32 Å². The zero-order valence-electron chi connectivity index (χ0n) is 11.7. The topological polar surface area (TPSA) is 78.8 Å². The molecule has 0 bridgehead atoms. The van der Waals surface area contributed by atoms with Gasteiger partial charge in [-0.2, -0.15) is 13.2 Å². The van der Waals surface area contributed by atoms with E-state index in [0.29, 0.717) is 0 Å². The standard InChI is InChI=1S/C13H16F3NO4/c1-12(2,3)21-11(20)17-9-5-4-7(18)6-8(9)10(19)13(14,15)16/h4-6,10,18-19H,1-3H3,(H,17,20)/t10-/m0/s1. The normalized spacial score (nSPS) is 13.7. The number of aliphatic hydroxyl groups excluding tert-OH is 1. The average molecular weight is 307 g/mol. The number of amides is 1. The summed E-state index contributed by atoms with van der Waals surface area (Å²) in [7, 11) is 0. The fraction of sp³-hybridized carbons (Fsp3) is 0.462. The Kier molecular flexibility index (Phi) is 4.72. The summed E-state index contributed by atoms with van der Waals surface area (Å²) in [6, 6.07) is 2.85. The van der Waals surface area contributed by atoms with Crippen LogP contribution in [0.1, 0.15) is 32.4 Å². The summed E-state index contributed by atoms with van der Waals surface area (Å²) in [5.41, 5.74) is -1.80. The largest absolute Gasteiger partial charge is 0.508 e. The first-order valence-electron chi connectivity index (χ1n) is 5.98. The average Bonchev–Trinajstić information content (AvgIpc) is 2.26. The van der Waals surface area contributed by atoms with Gasteiger partial charge in [0, 0.05) is 5.56 Å². The molecule has 0 fully saturated rings. The summed E-state index contributed by atoms with van der Waals surface area (Å²) in [4.78, 5) is 11.6. The van der Waals surface area contributed by atoms with Crippen LogP contribution in [-0.4, -0.2) is 28.1 Å². The number of aromatic hydroxyl groups is 1. The first-order valence-corrected chi connectivity index (χ1v) is 5.98. The van der Waals surface area contributed by atoms with E-state index in [1.807, 2.05) is 0 Å². The van der Waals surface area contributed by atoms with Crippen molar-refractivity contribution in [1.29, 1.82) is 0 Å². The Labute approximate surface area is 119 Å². The molecule has 0 aliphatic heterocycles. The van der Waals surface area contributed by atoms with Gasteiger partial charge in [0.1, 0.15) is 11.4 Å². The second-order valence-corrected chi connectivity index (χ2v) is 5.34. The van der Waals surface area contributed by atoms with Crippen LogP contribution in [0.25, 0.3) is 0 Å². The van der Waals surface area contributed by atoms with E-state index in [2.05, 4.69) is 5.32 Å². The van der Waals surface area contributed by atoms with Crippen LogP contribution in [-0.2, 0) is 4.74 Å². The fourth-order valence-electron chi connectivity index (χ4n) is 1.48. The molecule has 0 heterocycles. The monoisotopic (exact) mass is 307 g/mol. The first kappa shape index (κ1) is 17.1. The summed E-state index contributed by atoms with van der Waals surface area (Å²) in [6.07, 6.45) is -8.74. The summed E-state index contributed by atoms with van der Waals surface area (Å²) >= 11 is 0. The van der Waals surface area contributed by atoms with E-state index in [9.17, 15) is 28.2 Å². The van der Waals surface area contributed by atoms with E-state index in [0.717, 1.165) is 18.2 Å². The molecule has 1 atom stereocenters. The Hall–Kier alpha value is -1.96. The summed E-state index contributed by atoms with van der Waals surface area (Å²) in [5.74, 6) is -0.469. The maximum Gasteiger partial charge on any atom is 0.418 e. The van der Waals surface area contributed by atoms with Crippen molar-refractivity contribution in [1.82, 2.24) is 0 Å². The number of hydrogen-bond acceptors (Lipinski definition) is 4. The van der Waals surface area contributed by atoms with Crippen molar-refractivity contribution in [3.8, 4) is 5.75 Å². The highest BCUT2D eigenvalue weighted by Gasteiger charge is 2.41. The van der Waals surface area contributed by atoms with E-state index >= 15 is 0 Å². The van der Waals surface area contributed by atoms with Crippen molar-refractivity contribution >= 4 is 11.8 Å². The Balaban J connectivity index is 3.05. The lowest BCUT2D eigenvalue weighted by molar-refractivity contribution is -0.206. The number of nitrogens with one attached hydrogen (secondary N) is 1. The van der Waals surface area contributed by atoms with Gasteiger partial charge in [0.15, 0.2) is 6.10 Å². The van der Waals surface area contributed by atoms with Gasteiger partial charge in [0.2, 0.25) is 0 Å². The van der Waals surface area contributed by atoms with Crippen LogP contribution in [0.4, 0.5) is 23.7 Å². The predicted octanol–water partition coefficient (Wildman–Crippen LogP) is 3.33. The lowest BCUT2D eigenvalue weighted by atomic mass is 10.1. The van der Waals surface area contributed by atoms with Gasteiger partial charge in [-0.25, -0.2) is 4.79 Å². The van der Waals surface area contributed by atoms with E-state index < -0.39 is 35.3 Å². The lowest BCUT2D eigenvalue weighted by Crippen LogP contribution is -2.28. The number of aliphatic hydroxyl groups is 1. The van der Waals surface area contributed by atoms with Crippen LogP contribution >= 0.6 is 0 Å². The van der Waals surface area contributed by atoms with Crippen LogP contribution < -0.4 is 5.32 Å². The molecular formula is C13H16F3NO4. The smallest absolute Gasteiger partial charge is 0.418 e. The quantitative estimate of drug-likeness (QED) is 0.732. The van der Waals surface area contributed by atoms with Gasteiger partial charge < -0.3 is 14.9 Å². The third kappa shape index (κ3) is 5.14. The Morgan fingerprint density at radius 3 is 2.33 bits per heavy atom. The highest BCUT2D eigenvalue weighted by molar-refractivity contribution is 5.86. The lowest BCUT2D eigenvalue weighted by Gasteiger charge is -2.22. The van der Waals surface area contributed by atoms with E-state index in [4.69, 9.17) is 4.74 Å². The van der Waals surface area contributed by atoms with Crippen LogP contribution in [0.15, 0.2) is 18.2 Å². The van der Waals surface area contributed by atoms with Gasteiger partial charge >= 0.3 is 12.3 Å². The minimum absolute atomic E-state index is 0.299. The third-order valence-corrected chi connectivity index (χ3v) is 2.28. The molecule has 3 N–H and O–H groups in total. The Morgan fingerprint density at radius 1 is 1.29 bits per heavy atom. The van der Waals surface area contributed by atoms with E-state index in [1.54, 1.807) is 20.8 Å². The molecule has 0 aromatic heterocycles. The zero-order chi connectivity index (χ0) is 16.4. The first-order chi connectivity index (χ1) is 9.40. The molecule has 1 rings (SSSR count). The molecule has 8 heteroatoms. The summed E-state index contributed by atoms with van der Waals surface area (Å²) < 4.78 is 42.7. The third-order valence-electron chi connectivity index (χ3n) is 2.28. The van der Waals surface area contributed by atoms with Crippen molar-refractivity contribution < 1.29 is 32.9 Å². The SMILES string of the molecule is CC(C)(C)OC(=O)Nc1ccc(O)cc1[C@H](O)C(F)(F)F. The van der Waals surface area contributed by atoms with Crippen molar-refractivity contribution in [2.24, 2.45) is 0 Å². The number of carbonyl (C=O) groups excluding carboxylic acids is 1. The number of anilines is 1. The Bertz CT molecular complexity index is 523. The number of phenolic OH excluding ortho intramolecular Hbond substituents is 1. The molecule has 0 radical (unpaired) electrons.